The van der Waals surface area contributed by atoms with E-state index in [4.69, 9.17) is 62.9 Å². The second-order valence-electron chi connectivity index (χ2n) is 17.4. The molecule has 0 N–H and O–H groups in total. The predicted octanol–water partition coefficient (Wildman–Crippen LogP) is 12.1. The van der Waals surface area contributed by atoms with E-state index in [1.54, 1.807) is 0 Å². The second kappa shape index (κ2) is 14.7. The van der Waals surface area contributed by atoms with Crippen LogP contribution in [0.1, 0.15) is 41.5 Å². The van der Waals surface area contributed by atoms with Crippen molar-refractivity contribution >= 4 is 120 Å². The van der Waals surface area contributed by atoms with Gasteiger partial charge in [-0.3, -0.25) is 0 Å². The van der Waals surface area contributed by atoms with Crippen molar-refractivity contribution in [2.45, 2.75) is 86.3 Å². The van der Waals surface area contributed by atoms with Crippen LogP contribution in [0.25, 0.3) is 64.6 Å². The number of rotatable bonds is 6. The quantitative estimate of drug-likeness (QED) is 0.0706. The van der Waals surface area contributed by atoms with Crippen LogP contribution in [0.5, 0.6) is 0 Å². The van der Waals surface area contributed by atoms with Crippen molar-refractivity contribution in [3.05, 3.63) is 120 Å². The Morgan fingerprint density at radius 2 is 0.867 bits per heavy atom. The van der Waals surface area contributed by atoms with Crippen molar-refractivity contribution in [3.63, 3.8) is 0 Å². The molecule has 3 aliphatic heterocycles. The molecule has 4 fully saturated rings. The van der Waals surface area contributed by atoms with E-state index >= 15 is 0 Å². The maximum absolute atomic E-state index is 14.5. The maximum Gasteiger partial charge on any atom is 0.339 e. The summed E-state index contributed by atoms with van der Waals surface area (Å²) in [5.41, 5.74) is 0.870. The number of carbonyl (C=O) groups is 2. The third-order valence-corrected chi connectivity index (χ3v) is 17.4. The molecule has 3 heterocycles. The van der Waals surface area contributed by atoms with Gasteiger partial charge in [0.05, 0.1) is 11.1 Å². The monoisotopic (exact) mass is 878 g/mol. The zero-order valence-corrected chi connectivity index (χ0v) is 36.7. The fraction of sp³-hybridized carbons (Fsp3) is 0.292. The Morgan fingerprint density at radius 1 is 0.533 bits per heavy atom. The first-order valence-corrected chi connectivity index (χ1v) is 24.2. The average molecular weight is 880 g/mol. The molecule has 7 atom stereocenters. The Morgan fingerprint density at radius 3 is 1.25 bits per heavy atom. The van der Waals surface area contributed by atoms with Gasteiger partial charge in [-0.05, 0) is 94.9 Å². The summed E-state index contributed by atoms with van der Waals surface area (Å²) in [4.78, 5) is 29.0. The fourth-order valence-electron chi connectivity index (χ4n) is 9.19. The molecule has 4 aliphatic rings. The first-order chi connectivity index (χ1) is 28.7. The summed E-state index contributed by atoms with van der Waals surface area (Å²) in [5, 5.41) is 12.2. The van der Waals surface area contributed by atoms with Gasteiger partial charge in [-0.2, -0.15) is 0 Å². The Bertz CT molecular complexity index is 2750. The molecule has 0 spiro atoms. The van der Waals surface area contributed by atoms with Gasteiger partial charge in [0.1, 0.15) is 24.4 Å². The third kappa shape index (κ3) is 6.48. The first-order valence-electron chi connectivity index (χ1n) is 20.0. The van der Waals surface area contributed by atoms with Crippen LogP contribution in [0.2, 0.25) is 18.1 Å². The van der Waals surface area contributed by atoms with E-state index in [1.807, 2.05) is 60.7 Å². The lowest BCUT2D eigenvalue weighted by Crippen LogP contribution is -2.77. The molecular weight excluding hydrogens is 839 g/mol. The van der Waals surface area contributed by atoms with Gasteiger partial charge in [0.15, 0.2) is 24.8 Å². The van der Waals surface area contributed by atoms with Crippen LogP contribution in [0.3, 0.4) is 0 Å². The van der Waals surface area contributed by atoms with Gasteiger partial charge in [-0.25, -0.2) is 9.59 Å². The van der Waals surface area contributed by atoms with Gasteiger partial charge in [-0.15, -0.1) is 0 Å². The molecule has 4 bridgehead atoms. The minimum atomic E-state index is -2.46. The van der Waals surface area contributed by atoms with Crippen LogP contribution < -0.4 is 0 Å². The topological polar surface area (TPSA) is 89.5 Å². The molecule has 1 aliphatic carbocycles. The van der Waals surface area contributed by atoms with E-state index in [1.165, 1.54) is 0 Å². The van der Waals surface area contributed by atoms with E-state index in [-0.39, 0.29) is 5.04 Å². The zero-order chi connectivity index (χ0) is 41.8. The van der Waals surface area contributed by atoms with E-state index in [9.17, 15) is 9.59 Å². The normalized spacial score (nSPS) is 24.0. The maximum atomic E-state index is 14.5. The lowest BCUT2D eigenvalue weighted by molar-refractivity contribution is -0.477. The molecule has 306 valence electrons. The fourth-order valence-corrected chi connectivity index (χ4v) is 10.5. The number of hydrogen-bond acceptors (Lipinski definition) is 8. The summed E-state index contributed by atoms with van der Waals surface area (Å²) in [5.74, 6) is -1.03. The number of alkyl halides is 3. The van der Waals surface area contributed by atoms with Gasteiger partial charge in [0.25, 0.3) is 6.48 Å². The van der Waals surface area contributed by atoms with Crippen molar-refractivity contribution in [1.82, 2.24) is 0 Å². The van der Waals surface area contributed by atoms with Crippen LogP contribution in [-0.4, -0.2) is 67.7 Å². The zero-order valence-electron chi connectivity index (χ0n) is 33.4. The minimum absolute atomic E-state index is 0.153. The SMILES string of the molecule is CC(C)(C)[Si](C)(C)OC1[C@H]2OC3OC([C@H]2OC(=O)c2ccc4ccc5cccc6ccc2c4c56)[C@H](OC(=O)c2ccc4ccc5cccc6ccc2c4c56)[C@H]1O3.ClC(Cl)Cl. The van der Waals surface area contributed by atoms with Crippen molar-refractivity contribution < 1.29 is 37.7 Å². The molecule has 12 heteroatoms. The highest BCUT2D eigenvalue weighted by molar-refractivity contribution is 6.74. The molecule has 0 amide bonds. The highest BCUT2D eigenvalue weighted by Crippen LogP contribution is 2.48. The van der Waals surface area contributed by atoms with Crippen LogP contribution in [0.4, 0.5) is 0 Å². The largest absolute Gasteiger partial charge is 0.453 e. The van der Waals surface area contributed by atoms with Gasteiger partial charge in [0, 0.05) is 0 Å². The standard InChI is InChI=1S/C47H40O8Si.CHCl3/c1-47(2,3)56(4,5)55-43-41-38(50-44(48)32-22-18-28-14-12-24-8-6-10-26-16-20-30(32)36(28)34(24)26)40-39(42(43)54-46(52-40)53-41)51-45(49)33-23-19-29-15-13-25-9-7-11-27-17-21-31(33)37(29)35(25)27;2-1(3)4/h6-23,38-43,46H,1-5H3;1H/t38-,39+,40?,41+,42-,43?,46?;. The Labute approximate surface area is 362 Å². The van der Waals surface area contributed by atoms with Crippen molar-refractivity contribution in [3.8, 4) is 0 Å². The molecule has 12 rings (SSSR count). The van der Waals surface area contributed by atoms with Crippen molar-refractivity contribution in [2.24, 2.45) is 0 Å². The van der Waals surface area contributed by atoms with Crippen LogP contribution in [0.15, 0.2) is 109 Å². The number of benzene rings is 8. The van der Waals surface area contributed by atoms with Crippen LogP contribution in [-0.2, 0) is 28.1 Å². The van der Waals surface area contributed by atoms with Crippen molar-refractivity contribution in [2.75, 3.05) is 0 Å². The summed E-state index contributed by atoms with van der Waals surface area (Å²) in [6.07, 6.45) is -4.87. The molecule has 8 aromatic rings. The molecule has 8 aromatic carbocycles. The highest BCUT2D eigenvalue weighted by Gasteiger charge is 2.66. The summed E-state index contributed by atoms with van der Waals surface area (Å²) in [6.45, 7) is 9.80. The Balaban J connectivity index is 0.00000104. The molecule has 3 unspecified atom stereocenters. The molecular formula is C48H41Cl3O8Si. The summed E-state index contributed by atoms with van der Waals surface area (Å²) < 4.78 is 38.2. The number of hydrogen-bond donors (Lipinski definition) is 0. The van der Waals surface area contributed by atoms with Crippen LogP contribution >= 0.6 is 34.8 Å². The summed E-state index contributed by atoms with van der Waals surface area (Å²) >= 11 is 14.4. The third-order valence-electron chi connectivity index (χ3n) is 13.0. The molecule has 60 heavy (non-hydrogen) atoms. The van der Waals surface area contributed by atoms with E-state index in [0.717, 1.165) is 64.6 Å². The molecule has 3 saturated heterocycles. The molecule has 0 radical (unpaired) electrons. The summed E-state index contributed by atoms with van der Waals surface area (Å²) in [7, 11) is -2.46. The molecule has 8 nitrogen and oxygen atoms in total. The Hall–Kier alpha value is -4.29. The highest BCUT2D eigenvalue weighted by atomic mass is 35.6. The lowest BCUT2D eigenvalue weighted by atomic mass is 9.82. The second-order valence-corrected chi connectivity index (χ2v) is 24.1. The predicted molar refractivity (Wildman–Crippen MR) is 241 cm³/mol. The van der Waals surface area contributed by atoms with Gasteiger partial charge in [0.2, 0.25) is 0 Å². The number of ether oxygens (including phenoxy) is 5. The number of halogens is 3. The average Bonchev–Trinajstić information content (AvgIpc) is 3.21. The summed E-state index contributed by atoms with van der Waals surface area (Å²) in [6, 6.07) is 36.5. The van der Waals surface area contributed by atoms with E-state index < -0.39 is 67.7 Å². The van der Waals surface area contributed by atoms with Crippen LogP contribution in [0, 0.1) is 0 Å². The first kappa shape index (κ1) is 39.8. The minimum Gasteiger partial charge on any atom is -0.453 e. The van der Waals surface area contributed by atoms with Gasteiger partial charge >= 0.3 is 11.9 Å². The van der Waals surface area contributed by atoms with E-state index in [0.29, 0.717) is 11.1 Å². The molecule has 1 saturated carbocycles. The number of esters is 2. The number of carbonyl (C=O) groups excluding carboxylic acids is 2. The Kier molecular flexibility index (Phi) is 9.74. The smallest absolute Gasteiger partial charge is 0.339 e. The van der Waals surface area contributed by atoms with Gasteiger partial charge in [-0.1, -0.05) is 153 Å². The van der Waals surface area contributed by atoms with Crippen molar-refractivity contribution in [1.29, 1.82) is 0 Å². The van der Waals surface area contributed by atoms with Gasteiger partial charge < -0.3 is 28.1 Å². The van der Waals surface area contributed by atoms with E-state index in [2.05, 4.69) is 82.4 Å². The lowest BCUT2D eigenvalue weighted by Gasteiger charge is -2.59. The molecule has 0 aromatic heterocycles.